The van der Waals surface area contributed by atoms with Crippen molar-refractivity contribution in [1.29, 1.82) is 0 Å². The molecule has 2 saturated heterocycles. The monoisotopic (exact) mass is 438 g/mol. The molecule has 5 atom stereocenters. The zero-order valence-corrected chi connectivity index (χ0v) is 22.2. The molecule has 2 fully saturated rings. The van der Waals surface area contributed by atoms with Crippen LogP contribution in [0, 0.1) is 23.7 Å². The summed E-state index contributed by atoms with van der Waals surface area (Å²) in [6.45, 7) is 23.4. The van der Waals surface area contributed by atoms with Gasteiger partial charge in [0.25, 0.3) is 0 Å². The number of unbranched alkanes of at least 4 members (excludes halogenated alkanes) is 2. The summed E-state index contributed by atoms with van der Waals surface area (Å²) in [7, 11) is 0. The van der Waals surface area contributed by atoms with Crippen LogP contribution in [0.15, 0.2) is 0 Å². The van der Waals surface area contributed by atoms with Crippen LogP contribution in [0.3, 0.4) is 0 Å². The largest absolute Gasteiger partial charge is 0.345 e. The van der Waals surface area contributed by atoms with Crippen LogP contribution in [-0.2, 0) is 0 Å². The third kappa shape index (κ3) is 6.70. The van der Waals surface area contributed by atoms with Gasteiger partial charge in [0, 0.05) is 30.1 Å². The lowest BCUT2D eigenvalue weighted by molar-refractivity contribution is -0.963. The highest BCUT2D eigenvalue weighted by Gasteiger charge is 2.47. The number of nitrogens with zero attached hydrogens (tertiary/aromatic N) is 2. The fourth-order valence-electron chi connectivity index (χ4n) is 7.72. The summed E-state index contributed by atoms with van der Waals surface area (Å²) in [6, 6.07) is 0. The van der Waals surface area contributed by atoms with E-state index in [1.165, 1.54) is 108 Å². The maximum absolute atomic E-state index is 11.3. The zero-order chi connectivity index (χ0) is 22.9. The zero-order valence-electron chi connectivity index (χ0n) is 22.2. The van der Waals surface area contributed by atoms with E-state index in [-0.39, 0.29) is 6.23 Å². The molecule has 31 heavy (non-hydrogen) atoms. The molecule has 0 aromatic carbocycles. The predicted molar refractivity (Wildman–Crippen MR) is 135 cm³/mol. The Morgan fingerprint density at radius 3 is 1.55 bits per heavy atom. The molecule has 2 aliphatic rings. The van der Waals surface area contributed by atoms with Crippen molar-refractivity contribution in [3.63, 3.8) is 0 Å². The molecule has 2 rings (SSSR count). The highest BCUT2D eigenvalue weighted by molar-refractivity contribution is 4.77. The van der Waals surface area contributed by atoms with E-state index in [1.54, 1.807) is 0 Å². The fraction of sp³-hybridized carbons (Fsp3) is 1.00. The Morgan fingerprint density at radius 1 is 0.613 bits per heavy atom. The van der Waals surface area contributed by atoms with Crippen molar-refractivity contribution in [2.45, 2.75) is 112 Å². The Bertz CT molecular complexity index is 469. The Kier molecular flexibility index (Phi) is 11.3. The summed E-state index contributed by atoms with van der Waals surface area (Å²) in [4.78, 5) is 0. The molecule has 0 bridgehead atoms. The molecular weight excluding hydrogens is 380 g/mol. The van der Waals surface area contributed by atoms with E-state index in [4.69, 9.17) is 0 Å². The first-order valence-electron chi connectivity index (χ1n) is 14.3. The van der Waals surface area contributed by atoms with Gasteiger partial charge < -0.3 is 9.59 Å². The van der Waals surface area contributed by atoms with Crippen LogP contribution < -0.4 is 0 Å². The minimum atomic E-state index is -0.134. The van der Waals surface area contributed by atoms with E-state index in [9.17, 15) is 5.11 Å². The van der Waals surface area contributed by atoms with E-state index < -0.39 is 0 Å². The van der Waals surface area contributed by atoms with Gasteiger partial charge in [-0.3, -0.25) is 4.48 Å². The fourth-order valence-corrected chi connectivity index (χ4v) is 7.72. The molecule has 0 aliphatic carbocycles. The number of quaternary nitrogens is 2. The average Bonchev–Trinajstić information content (AvgIpc) is 3.32. The summed E-state index contributed by atoms with van der Waals surface area (Å²) in [5.74, 6) is 3.53. The van der Waals surface area contributed by atoms with Crippen LogP contribution in [0.4, 0.5) is 0 Å². The third-order valence-corrected chi connectivity index (χ3v) is 9.46. The number of rotatable bonds is 15. The third-order valence-electron chi connectivity index (χ3n) is 9.46. The summed E-state index contributed by atoms with van der Waals surface area (Å²) < 4.78 is 2.39. The Morgan fingerprint density at radius 2 is 1.10 bits per heavy atom. The Balaban J connectivity index is 1.84. The van der Waals surface area contributed by atoms with Gasteiger partial charge in [-0.05, 0) is 57.8 Å². The molecular formula is C28H58N2O+2. The van der Waals surface area contributed by atoms with Crippen LogP contribution in [0.1, 0.15) is 106 Å². The molecule has 0 amide bonds. The summed E-state index contributed by atoms with van der Waals surface area (Å²) in [5.41, 5.74) is 0. The molecule has 0 aromatic rings. The van der Waals surface area contributed by atoms with Crippen LogP contribution in [0.25, 0.3) is 0 Å². The first-order chi connectivity index (χ1) is 14.9. The first kappa shape index (κ1) is 27.1. The average molecular weight is 439 g/mol. The van der Waals surface area contributed by atoms with Crippen LogP contribution >= 0.6 is 0 Å². The second kappa shape index (κ2) is 12.9. The van der Waals surface area contributed by atoms with E-state index >= 15 is 0 Å². The van der Waals surface area contributed by atoms with Crippen molar-refractivity contribution in [3.8, 4) is 0 Å². The molecule has 3 heteroatoms. The van der Waals surface area contributed by atoms with Gasteiger partial charge in [0.05, 0.1) is 45.8 Å². The number of aliphatic hydroxyl groups is 1. The number of hydrogen-bond donors (Lipinski definition) is 1. The number of aliphatic hydroxyl groups excluding tert-OH is 1. The molecule has 0 spiro atoms. The first-order valence-corrected chi connectivity index (χ1v) is 14.3. The standard InChI is InChI=1S/C28H58N2O/c1-7-17-29(20-24(9-3)25(10-4)21-29)19-15-13-14-16-28(31)30(18-8-2)22-26(11-5)27(12-6)23-30/h24-28,31H,7-23H2,1-6H3/q+2. The second-order valence-electron chi connectivity index (χ2n) is 11.5. The molecule has 3 nitrogen and oxygen atoms in total. The van der Waals surface area contributed by atoms with E-state index in [2.05, 4.69) is 41.5 Å². The number of hydrogen-bond acceptors (Lipinski definition) is 1. The topological polar surface area (TPSA) is 20.2 Å². The normalized spacial score (nSPS) is 36.9. The highest BCUT2D eigenvalue weighted by Crippen LogP contribution is 2.38. The van der Waals surface area contributed by atoms with Gasteiger partial charge in [-0.2, -0.15) is 0 Å². The SMILES string of the molecule is CCC[N+]1(CCCCCC(O)[N+]2(CCC)CC(CC)C(CC)C2)CC(CC)C(CC)C1. The smallest absolute Gasteiger partial charge is 0.190 e. The van der Waals surface area contributed by atoms with Gasteiger partial charge in [-0.25, -0.2) is 0 Å². The summed E-state index contributed by atoms with van der Waals surface area (Å²) in [6.07, 6.45) is 12.5. The van der Waals surface area contributed by atoms with Gasteiger partial charge in [-0.1, -0.05) is 41.5 Å². The van der Waals surface area contributed by atoms with Crippen molar-refractivity contribution in [2.24, 2.45) is 23.7 Å². The minimum absolute atomic E-state index is 0.134. The van der Waals surface area contributed by atoms with Crippen LogP contribution in [-0.4, -0.2) is 66.1 Å². The van der Waals surface area contributed by atoms with Crippen LogP contribution in [0.2, 0.25) is 0 Å². The van der Waals surface area contributed by atoms with Crippen molar-refractivity contribution in [3.05, 3.63) is 0 Å². The van der Waals surface area contributed by atoms with Crippen molar-refractivity contribution < 1.29 is 14.1 Å². The van der Waals surface area contributed by atoms with Crippen molar-refractivity contribution in [2.75, 3.05) is 45.8 Å². The minimum Gasteiger partial charge on any atom is -0.345 e. The molecule has 1 N–H and O–H groups in total. The lowest BCUT2D eigenvalue weighted by Crippen LogP contribution is -2.54. The van der Waals surface area contributed by atoms with Gasteiger partial charge in [0.15, 0.2) is 6.23 Å². The molecule has 0 radical (unpaired) electrons. The highest BCUT2D eigenvalue weighted by atomic mass is 16.3. The maximum atomic E-state index is 11.3. The van der Waals surface area contributed by atoms with E-state index in [0.29, 0.717) is 0 Å². The Labute approximate surface area is 195 Å². The molecule has 2 heterocycles. The molecule has 2 aliphatic heterocycles. The molecule has 184 valence electrons. The van der Waals surface area contributed by atoms with E-state index in [1.807, 2.05) is 0 Å². The molecule has 5 unspecified atom stereocenters. The molecule has 0 aromatic heterocycles. The van der Waals surface area contributed by atoms with Gasteiger partial charge >= 0.3 is 0 Å². The summed E-state index contributed by atoms with van der Waals surface area (Å²) in [5, 5.41) is 11.3. The predicted octanol–water partition coefficient (Wildman–Crippen LogP) is 6.45. The van der Waals surface area contributed by atoms with Crippen molar-refractivity contribution in [1.82, 2.24) is 0 Å². The van der Waals surface area contributed by atoms with E-state index in [0.717, 1.165) is 34.6 Å². The van der Waals surface area contributed by atoms with Gasteiger partial charge in [0.2, 0.25) is 0 Å². The quantitative estimate of drug-likeness (QED) is 0.230. The van der Waals surface area contributed by atoms with Crippen LogP contribution in [0.5, 0.6) is 0 Å². The Hall–Kier alpha value is -0.120. The lowest BCUT2D eigenvalue weighted by Gasteiger charge is -2.39. The van der Waals surface area contributed by atoms with Gasteiger partial charge in [-0.15, -0.1) is 0 Å². The lowest BCUT2D eigenvalue weighted by atomic mass is 9.92. The van der Waals surface area contributed by atoms with Gasteiger partial charge in [0.1, 0.15) is 0 Å². The second-order valence-corrected chi connectivity index (χ2v) is 11.5. The maximum Gasteiger partial charge on any atom is 0.190 e. The molecule has 0 saturated carbocycles. The summed E-state index contributed by atoms with van der Waals surface area (Å²) >= 11 is 0. The van der Waals surface area contributed by atoms with Crippen molar-refractivity contribution >= 4 is 0 Å². The number of likely N-dealkylation sites (tertiary alicyclic amines) is 2.